The van der Waals surface area contributed by atoms with Crippen molar-refractivity contribution in [3.05, 3.63) is 36.4 Å². The fraction of sp³-hybridized carbons (Fsp3) is 0.389. The van der Waals surface area contributed by atoms with Crippen LogP contribution in [-0.4, -0.2) is 47.4 Å². The van der Waals surface area contributed by atoms with E-state index in [4.69, 9.17) is 21.7 Å². The molecule has 26 heavy (non-hydrogen) atoms. The molecule has 1 aliphatic rings. The van der Waals surface area contributed by atoms with E-state index >= 15 is 0 Å². The molecule has 1 saturated heterocycles. The van der Waals surface area contributed by atoms with Gasteiger partial charge in [-0.3, -0.25) is 0 Å². The number of hydrogen-bond acceptors (Lipinski definition) is 6. The fourth-order valence-electron chi connectivity index (χ4n) is 2.48. The summed E-state index contributed by atoms with van der Waals surface area (Å²) in [7, 11) is 0. The van der Waals surface area contributed by atoms with Crippen LogP contribution in [0.5, 0.6) is 11.6 Å². The van der Waals surface area contributed by atoms with Crippen LogP contribution in [0, 0.1) is 0 Å². The van der Waals surface area contributed by atoms with E-state index in [1.807, 2.05) is 50.2 Å². The van der Waals surface area contributed by atoms with Gasteiger partial charge in [0.2, 0.25) is 11.8 Å². The molecule has 0 amide bonds. The van der Waals surface area contributed by atoms with E-state index in [0.29, 0.717) is 35.9 Å². The molecule has 1 fully saturated rings. The lowest BCUT2D eigenvalue weighted by atomic mass is 10.3. The summed E-state index contributed by atoms with van der Waals surface area (Å²) in [6, 6.07) is 11.6. The number of thiocarbonyl (C=S) groups is 1. The van der Waals surface area contributed by atoms with Gasteiger partial charge in [-0.15, -0.1) is 0 Å². The Morgan fingerprint density at radius 1 is 1.19 bits per heavy atom. The quantitative estimate of drug-likeness (QED) is 0.776. The van der Waals surface area contributed by atoms with Crippen molar-refractivity contribution in [3.63, 3.8) is 0 Å². The first-order chi connectivity index (χ1) is 12.6. The van der Waals surface area contributed by atoms with Crippen molar-refractivity contribution in [2.75, 3.05) is 36.5 Å². The molecule has 138 valence electrons. The summed E-state index contributed by atoms with van der Waals surface area (Å²) in [5, 5.41) is 6.64. The average molecular weight is 373 g/mol. The van der Waals surface area contributed by atoms with Crippen LogP contribution >= 0.6 is 12.2 Å². The second-order valence-electron chi connectivity index (χ2n) is 6.16. The van der Waals surface area contributed by atoms with Gasteiger partial charge < -0.3 is 25.0 Å². The van der Waals surface area contributed by atoms with Crippen LogP contribution in [0.3, 0.4) is 0 Å². The summed E-state index contributed by atoms with van der Waals surface area (Å²) in [4.78, 5) is 11.2. The van der Waals surface area contributed by atoms with E-state index in [9.17, 15) is 0 Å². The van der Waals surface area contributed by atoms with Gasteiger partial charge in [-0.25, -0.2) is 0 Å². The molecule has 0 bridgehead atoms. The minimum absolute atomic E-state index is 0.220. The molecule has 0 atom stereocenters. The van der Waals surface area contributed by atoms with Crippen molar-refractivity contribution >= 4 is 29.1 Å². The first-order valence-corrected chi connectivity index (χ1v) is 9.03. The molecule has 1 aromatic carbocycles. The Hall–Kier alpha value is -2.45. The first kappa shape index (κ1) is 18.3. The summed E-state index contributed by atoms with van der Waals surface area (Å²) in [6.45, 7) is 6.93. The molecule has 0 unspecified atom stereocenters. The van der Waals surface area contributed by atoms with Crippen LogP contribution in [0.15, 0.2) is 36.4 Å². The lowest BCUT2D eigenvalue weighted by Gasteiger charge is -2.28. The third-order valence-corrected chi connectivity index (χ3v) is 3.85. The molecule has 7 nitrogen and oxygen atoms in total. The molecule has 0 radical (unpaired) electrons. The lowest BCUT2D eigenvalue weighted by Crippen LogP contribution is -2.37. The van der Waals surface area contributed by atoms with E-state index in [2.05, 4.69) is 25.5 Å². The molecule has 1 aromatic heterocycles. The van der Waals surface area contributed by atoms with Crippen molar-refractivity contribution in [1.29, 1.82) is 0 Å². The number of anilines is 2. The second kappa shape index (κ2) is 8.77. The summed E-state index contributed by atoms with van der Waals surface area (Å²) in [5.41, 5.74) is 0. The molecule has 8 heteroatoms. The molecule has 0 aliphatic carbocycles. The minimum atomic E-state index is 0.220. The van der Waals surface area contributed by atoms with Gasteiger partial charge in [0.05, 0.1) is 13.2 Å². The normalized spacial score (nSPS) is 14.2. The minimum Gasteiger partial charge on any atom is -0.439 e. The molecule has 2 N–H and O–H groups in total. The Morgan fingerprint density at radius 3 is 2.62 bits per heavy atom. The maximum absolute atomic E-state index is 5.90. The molecule has 0 spiro atoms. The van der Waals surface area contributed by atoms with Crippen LogP contribution in [0.25, 0.3) is 0 Å². The van der Waals surface area contributed by atoms with Gasteiger partial charge in [0.25, 0.3) is 0 Å². The third kappa shape index (κ3) is 5.27. The predicted octanol–water partition coefficient (Wildman–Crippen LogP) is 2.80. The van der Waals surface area contributed by atoms with Gasteiger partial charge in [0, 0.05) is 25.2 Å². The highest BCUT2D eigenvalue weighted by atomic mass is 32.1. The van der Waals surface area contributed by atoms with E-state index in [1.54, 1.807) is 0 Å². The first-order valence-electron chi connectivity index (χ1n) is 8.62. The third-order valence-electron chi connectivity index (χ3n) is 3.63. The van der Waals surface area contributed by atoms with Gasteiger partial charge in [-0.05, 0) is 38.2 Å². The maximum atomic E-state index is 5.90. The Bertz CT molecular complexity index is 736. The van der Waals surface area contributed by atoms with E-state index in [1.165, 1.54) is 0 Å². The van der Waals surface area contributed by atoms with Crippen LogP contribution in [-0.2, 0) is 4.74 Å². The van der Waals surface area contributed by atoms with Crippen LogP contribution < -0.4 is 20.3 Å². The van der Waals surface area contributed by atoms with Gasteiger partial charge >= 0.3 is 0 Å². The highest BCUT2D eigenvalue weighted by molar-refractivity contribution is 7.80. The standard InChI is InChI=1S/C18H23N5O2S/c1-13(2)19-18(26)22-17-20-15(23-8-10-24-11-9-23)12-16(21-17)25-14-6-4-3-5-7-14/h3-7,12-13H,8-11H2,1-2H3,(H2,19,20,21,22,26). The number of aromatic nitrogens is 2. The van der Waals surface area contributed by atoms with Crippen molar-refractivity contribution in [2.45, 2.75) is 19.9 Å². The number of para-hydroxylation sites is 1. The Labute approximate surface area is 158 Å². The summed E-state index contributed by atoms with van der Waals surface area (Å²) in [6.07, 6.45) is 0. The molecule has 2 heterocycles. The number of morpholine rings is 1. The highest BCUT2D eigenvalue weighted by Crippen LogP contribution is 2.25. The van der Waals surface area contributed by atoms with E-state index in [-0.39, 0.29) is 6.04 Å². The lowest BCUT2D eigenvalue weighted by molar-refractivity contribution is 0.122. The fourth-order valence-corrected chi connectivity index (χ4v) is 2.81. The molecule has 3 rings (SSSR count). The molecular formula is C18H23N5O2S. The maximum Gasteiger partial charge on any atom is 0.234 e. The number of nitrogens with one attached hydrogen (secondary N) is 2. The Balaban J connectivity index is 1.84. The smallest absolute Gasteiger partial charge is 0.234 e. The second-order valence-corrected chi connectivity index (χ2v) is 6.56. The molecule has 0 saturated carbocycles. The van der Waals surface area contributed by atoms with E-state index < -0.39 is 0 Å². The SMILES string of the molecule is CC(C)NC(=S)Nc1nc(Oc2ccccc2)cc(N2CCOCC2)n1. The summed E-state index contributed by atoms with van der Waals surface area (Å²) < 4.78 is 11.3. The monoisotopic (exact) mass is 373 g/mol. The highest BCUT2D eigenvalue weighted by Gasteiger charge is 2.16. The zero-order chi connectivity index (χ0) is 18.4. The number of nitrogens with zero attached hydrogens (tertiary/aromatic N) is 3. The average Bonchev–Trinajstić information content (AvgIpc) is 2.62. The van der Waals surface area contributed by atoms with Gasteiger partial charge in [0.15, 0.2) is 5.11 Å². The molecular weight excluding hydrogens is 350 g/mol. The Kier molecular flexibility index (Phi) is 6.19. The van der Waals surface area contributed by atoms with Crippen molar-refractivity contribution < 1.29 is 9.47 Å². The topological polar surface area (TPSA) is 71.5 Å². The van der Waals surface area contributed by atoms with Gasteiger partial charge in [0.1, 0.15) is 11.6 Å². The number of benzene rings is 1. The zero-order valence-electron chi connectivity index (χ0n) is 14.9. The van der Waals surface area contributed by atoms with Crippen molar-refractivity contribution in [1.82, 2.24) is 15.3 Å². The number of hydrogen-bond donors (Lipinski definition) is 2. The zero-order valence-corrected chi connectivity index (χ0v) is 15.8. The summed E-state index contributed by atoms with van der Waals surface area (Å²) >= 11 is 5.31. The van der Waals surface area contributed by atoms with Crippen LogP contribution in [0.1, 0.15) is 13.8 Å². The number of rotatable bonds is 5. The van der Waals surface area contributed by atoms with E-state index in [0.717, 1.165) is 18.9 Å². The van der Waals surface area contributed by atoms with Crippen LogP contribution in [0.4, 0.5) is 11.8 Å². The van der Waals surface area contributed by atoms with Crippen molar-refractivity contribution in [3.8, 4) is 11.6 Å². The molecule has 2 aromatic rings. The predicted molar refractivity (Wildman–Crippen MR) is 106 cm³/mol. The van der Waals surface area contributed by atoms with Crippen LogP contribution in [0.2, 0.25) is 0 Å². The van der Waals surface area contributed by atoms with Crippen molar-refractivity contribution in [2.24, 2.45) is 0 Å². The largest absolute Gasteiger partial charge is 0.439 e. The summed E-state index contributed by atoms with van der Waals surface area (Å²) in [5.74, 6) is 2.36. The number of ether oxygens (including phenoxy) is 2. The molecule has 1 aliphatic heterocycles. The Morgan fingerprint density at radius 2 is 1.92 bits per heavy atom. The van der Waals surface area contributed by atoms with Gasteiger partial charge in [-0.1, -0.05) is 18.2 Å². The van der Waals surface area contributed by atoms with Gasteiger partial charge in [-0.2, -0.15) is 9.97 Å².